The zero-order valence-corrected chi connectivity index (χ0v) is 10.9. The lowest BCUT2D eigenvalue weighted by atomic mass is 9.97. The van der Waals surface area contributed by atoms with E-state index < -0.39 is 0 Å². The lowest BCUT2D eigenvalue weighted by molar-refractivity contribution is 0.492. The van der Waals surface area contributed by atoms with Gasteiger partial charge in [-0.15, -0.1) is 0 Å². The molecule has 0 saturated heterocycles. The Hall–Kier alpha value is -0.600. The van der Waals surface area contributed by atoms with E-state index >= 15 is 0 Å². The van der Waals surface area contributed by atoms with Crippen molar-refractivity contribution in [1.29, 1.82) is 0 Å². The van der Waals surface area contributed by atoms with Crippen LogP contribution in [0.25, 0.3) is 0 Å². The van der Waals surface area contributed by atoms with E-state index in [4.69, 9.17) is 11.6 Å². The van der Waals surface area contributed by atoms with Crippen LogP contribution in [0.5, 0.6) is 0 Å². The van der Waals surface area contributed by atoms with Crippen molar-refractivity contribution in [3.63, 3.8) is 0 Å². The van der Waals surface area contributed by atoms with Crippen molar-refractivity contribution in [2.24, 2.45) is 5.92 Å². The minimum Gasteiger partial charge on any atom is -0.314 e. The first-order valence-electron chi connectivity index (χ1n) is 6.37. The van der Waals surface area contributed by atoms with Crippen LogP contribution in [0, 0.1) is 11.7 Å². The van der Waals surface area contributed by atoms with Gasteiger partial charge in [-0.25, -0.2) is 4.39 Å². The van der Waals surface area contributed by atoms with Crippen LogP contribution < -0.4 is 5.32 Å². The van der Waals surface area contributed by atoms with Crippen LogP contribution in [0.2, 0.25) is 5.02 Å². The zero-order valence-electron chi connectivity index (χ0n) is 10.2. The molecule has 2 atom stereocenters. The fourth-order valence-corrected chi connectivity index (χ4v) is 2.95. The van der Waals surface area contributed by atoms with E-state index in [0.29, 0.717) is 17.0 Å². The van der Waals surface area contributed by atoms with Crippen LogP contribution in [0.4, 0.5) is 4.39 Å². The molecule has 3 heteroatoms. The summed E-state index contributed by atoms with van der Waals surface area (Å²) in [6.07, 6.45) is 4.52. The highest BCUT2D eigenvalue weighted by Crippen LogP contribution is 2.31. The summed E-state index contributed by atoms with van der Waals surface area (Å²) in [4.78, 5) is 0. The van der Waals surface area contributed by atoms with Crippen molar-refractivity contribution in [3.05, 3.63) is 34.6 Å². The van der Waals surface area contributed by atoms with Gasteiger partial charge in [0.25, 0.3) is 0 Å². The normalized spacial score (nSPS) is 24.2. The number of nitrogens with one attached hydrogen (secondary N) is 1. The van der Waals surface area contributed by atoms with E-state index in [1.54, 1.807) is 6.07 Å². The SMILES string of the molecule is CCNC1CCC(Cc2cccc(F)c2Cl)C1. The summed E-state index contributed by atoms with van der Waals surface area (Å²) in [6, 6.07) is 5.73. The van der Waals surface area contributed by atoms with Gasteiger partial charge in [-0.2, -0.15) is 0 Å². The largest absolute Gasteiger partial charge is 0.314 e. The summed E-state index contributed by atoms with van der Waals surface area (Å²) in [7, 11) is 0. The Labute approximate surface area is 107 Å². The summed E-state index contributed by atoms with van der Waals surface area (Å²) in [5.41, 5.74) is 0.953. The number of halogens is 2. The Morgan fingerprint density at radius 1 is 1.41 bits per heavy atom. The number of hydrogen-bond donors (Lipinski definition) is 1. The molecule has 1 aromatic carbocycles. The molecular weight excluding hydrogens is 237 g/mol. The van der Waals surface area contributed by atoms with Crippen molar-refractivity contribution >= 4 is 11.6 Å². The molecule has 1 fully saturated rings. The molecule has 0 heterocycles. The average Bonchev–Trinajstić information content (AvgIpc) is 2.73. The lowest BCUT2D eigenvalue weighted by Crippen LogP contribution is -2.25. The van der Waals surface area contributed by atoms with Gasteiger partial charge in [0, 0.05) is 6.04 Å². The molecule has 1 N–H and O–H groups in total. The van der Waals surface area contributed by atoms with Crippen LogP contribution >= 0.6 is 11.6 Å². The maximum absolute atomic E-state index is 13.3. The second-order valence-electron chi connectivity index (χ2n) is 4.85. The van der Waals surface area contributed by atoms with Crippen LogP contribution in [-0.4, -0.2) is 12.6 Å². The van der Waals surface area contributed by atoms with Crippen molar-refractivity contribution in [3.8, 4) is 0 Å². The van der Waals surface area contributed by atoms with E-state index in [1.165, 1.54) is 25.3 Å². The van der Waals surface area contributed by atoms with E-state index in [2.05, 4.69) is 12.2 Å². The number of rotatable bonds is 4. The molecule has 2 rings (SSSR count). The third-order valence-electron chi connectivity index (χ3n) is 3.57. The summed E-state index contributed by atoms with van der Waals surface area (Å²) < 4.78 is 13.3. The second-order valence-corrected chi connectivity index (χ2v) is 5.23. The molecule has 1 aliphatic carbocycles. The lowest BCUT2D eigenvalue weighted by Gasteiger charge is -2.13. The zero-order chi connectivity index (χ0) is 12.3. The van der Waals surface area contributed by atoms with Gasteiger partial charge >= 0.3 is 0 Å². The standard InChI is InChI=1S/C14H19ClFN/c1-2-17-12-7-6-10(9-12)8-11-4-3-5-13(16)14(11)15/h3-5,10,12,17H,2,6-9H2,1H3. The molecule has 0 amide bonds. The van der Waals surface area contributed by atoms with Crippen LogP contribution in [0.1, 0.15) is 31.7 Å². The second kappa shape index (κ2) is 5.83. The van der Waals surface area contributed by atoms with Crippen LogP contribution in [-0.2, 0) is 6.42 Å². The Balaban J connectivity index is 1.96. The number of hydrogen-bond acceptors (Lipinski definition) is 1. The average molecular weight is 256 g/mol. The molecule has 0 spiro atoms. The van der Waals surface area contributed by atoms with Crippen molar-refractivity contribution in [2.75, 3.05) is 6.54 Å². The number of benzene rings is 1. The van der Waals surface area contributed by atoms with Gasteiger partial charge < -0.3 is 5.32 Å². The Kier molecular flexibility index (Phi) is 4.41. The molecule has 0 radical (unpaired) electrons. The van der Waals surface area contributed by atoms with E-state index in [0.717, 1.165) is 18.5 Å². The van der Waals surface area contributed by atoms with Gasteiger partial charge in [-0.3, -0.25) is 0 Å². The molecule has 2 unspecified atom stereocenters. The molecule has 1 aromatic rings. The maximum atomic E-state index is 13.3. The molecule has 94 valence electrons. The topological polar surface area (TPSA) is 12.0 Å². The van der Waals surface area contributed by atoms with Crippen molar-refractivity contribution in [2.45, 2.75) is 38.6 Å². The Morgan fingerprint density at radius 3 is 3.00 bits per heavy atom. The Morgan fingerprint density at radius 2 is 2.24 bits per heavy atom. The summed E-state index contributed by atoms with van der Waals surface area (Å²) in [5.74, 6) is 0.337. The van der Waals surface area contributed by atoms with Gasteiger partial charge in [-0.1, -0.05) is 30.7 Å². The quantitative estimate of drug-likeness (QED) is 0.863. The first-order chi connectivity index (χ1) is 8.20. The van der Waals surface area contributed by atoms with Gasteiger partial charge in [-0.05, 0) is 49.8 Å². The van der Waals surface area contributed by atoms with Crippen molar-refractivity contribution < 1.29 is 4.39 Å². The smallest absolute Gasteiger partial charge is 0.142 e. The van der Waals surface area contributed by atoms with Gasteiger partial charge in [0.1, 0.15) is 5.82 Å². The van der Waals surface area contributed by atoms with Crippen LogP contribution in [0.3, 0.4) is 0 Å². The van der Waals surface area contributed by atoms with E-state index in [9.17, 15) is 4.39 Å². The third kappa shape index (κ3) is 3.20. The molecule has 0 bridgehead atoms. The first kappa shape index (κ1) is 12.8. The van der Waals surface area contributed by atoms with Crippen LogP contribution in [0.15, 0.2) is 18.2 Å². The predicted octanol–water partition coefficient (Wildman–Crippen LogP) is 3.80. The fourth-order valence-electron chi connectivity index (χ4n) is 2.75. The molecule has 0 aromatic heterocycles. The minimum absolute atomic E-state index is 0.301. The van der Waals surface area contributed by atoms with Gasteiger partial charge in [0.05, 0.1) is 5.02 Å². The highest BCUT2D eigenvalue weighted by molar-refractivity contribution is 6.31. The first-order valence-corrected chi connectivity index (χ1v) is 6.74. The summed E-state index contributed by atoms with van der Waals surface area (Å²) in [5, 5.41) is 3.78. The van der Waals surface area contributed by atoms with E-state index in [1.807, 2.05) is 6.07 Å². The Bertz CT molecular complexity index is 380. The molecule has 17 heavy (non-hydrogen) atoms. The predicted molar refractivity (Wildman–Crippen MR) is 69.9 cm³/mol. The molecular formula is C14H19ClFN. The van der Waals surface area contributed by atoms with Gasteiger partial charge in [0.15, 0.2) is 0 Å². The highest BCUT2D eigenvalue weighted by atomic mass is 35.5. The summed E-state index contributed by atoms with van der Waals surface area (Å²) in [6.45, 7) is 3.16. The molecule has 1 saturated carbocycles. The summed E-state index contributed by atoms with van der Waals surface area (Å²) >= 11 is 5.98. The van der Waals surface area contributed by atoms with Gasteiger partial charge in [0.2, 0.25) is 0 Å². The monoisotopic (exact) mass is 255 g/mol. The molecule has 0 aliphatic heterocycles. The maximum Gasteiger partial charge on any atom is 0.142 e. The fraction of sp³-hybridized carbons (Fsp3) is 0.571. The molecule has 1 nitrogen and oxygen atoms in total. The van der Waals surface area contributed by atoms with E-state index in [-0.39, 0.29) is 5.82 Å². The highest BCUT2D eigenvalue weighted by Gasteiger charge is 2.24. The third-order valence-corrected chi connectivity index (χ3v) is 4.00. The minimum atomic E-state index is -0.301. The van der Waals surface area contributed by atoms with Crippen molar-refractivity contribution in [1.82, 2.24) is 5.32 Å². The molecule has 1 aliphatic rings.